The molecular formula is C16H33N3. The van der Waals surface area contributed by atoms with E-state index in [0.29, 0.717) is 0 Å². The Morgan fingerprint density at radius 1 is 0.947 bits per heavy atom. The number of aryl methyl sites for hydroxylation is 1. The highest BCUT2D eigenvalue weighted by molar-refractivity contribution is 5.34. The van der Waals surface area contributed by atoms with Crippen molar-refractivity contribution in [2.75, 3.05) is 25.5 Å². The minimum absolute atomic E-state index is 0.989. The number of unbranched alkanes of at least 4 members (excludes halogenated alkanes) is 2. The number of rotatable bonds is 7. The van der Waals surface area contributed by atoms with E-state index in [2.05, 4.69) is 15.6 Å². The average Bonchev–Trinajstić information content (AvgIpc) is 2.47. The monoisotopic (exact) mass is 267 g/mol. The lowest BCUT2D eigenvalue weighted by atomic mass is 10.2. The smallest absolute Gasteiger partial charge is 0.126 e. The quantitative estimate of drug-likeness (QED) is 0.725. The molecule has 0 unspecified atom stereocenters. The van der Waals surface area contributed by atoms with Crippen LogP contribution in [0, 0.1) is 6.92 Å². The molecule has 1 aromatic rings. The average molecular weight is 267 g/mol. The van der Waals surface area contributed by atoms with Crippen molar-refractivity contribution in [1.82, 2.24) is 10.3 Å². The minimum atomic E-state index is 0.989. The third-order valence-electron chi connectivity index (χ3n) is 2.30. The van der Waals surface area contributed by atoms with Gasteiger partial charge in [-0.2, -0.15) is 0 Å². The van der Waals surface area contributed by atoms with Crippen molar-refractivity contribution in [3.8, 4) is 0 Å². The second-order valence-electron chi connectivity index (χ2n) is 3.76. The number of hydrogen-bond donors (Lipinski definition) is 2. The van der Waals surface area contributed by atoms with Crippen LogP contribution in [0.4, 0.5) is 5.82 Å². The van der Waals surface area contributed by atoms with Gasteiger partial charge in [-0.3, -0.25) is 0 Å². The molecule has 1 aromatic heterocycles. The van der Waals surface area contributed by atoms with Crippen LogP contribution in [-0.4, -0.2) is 25.1 Å². The van der Waals surface area contributed by atoms with Crippen LogP contribution < -0.4 is 10.6 Å². The maximum atomic E-state index is 4.38. The SMILES string of the molecule is CC.CC.CNCCCCCNc1cccc(C)n1. The zero-order chi connectivity index (χ0) is 14.9. The Morgan fingerprint density at radius 2 is 1.58 bits per heavy atom. The van der Waals surface area contributed by atoms with E-state index in [1.54, 1.807) is 0 Å². The molecule has 0 fully saturated rings. The summed E-state index contributed by atoms with van der Waals surface area (Å²) in [6.07, 6.45) is 3.72. The zero-order valence-electron chi connectivity index (χ0n) is 13.7. The van der Waals surface area contributed by atoms with Crippen LogP contribution in [0.2, 0.25) is 0 Å². The third-order valence-corrected chi connectivity index (χ3v) is 2.30. The molecule has 1 heterocycles. The second-order valence-corrected chi connectivity index (χ2v) is 3.76. The Labute approximate surface area is 120 Å². The van der Waals surface area contributed by atoms with Gasteiger partial charge in [-0.05, 0) is 45.5 Å². The lowest BCUT2D eigenvalue weighted by Gasteiger charge is -2.05. The molecule has 3 nitrogen and oxygen atoms in total. The fraction of sp³-hybridized carbons (Fsp3) is 0.688. The highest BCUT2D eigenvalue weighted by Crippen LogP contribution is 2.04. The van der Waals surface area contributed by atoms with E-state index >= 15 is 0 Å². The van der Waals surface area contributed by atoms with Crippen molar-refractivity contribution in [2.45, 2.75) is 53.9 Å². The molecule has 0 aliphatic heterocycles. The minimum Gasteiger partial charge on any atom is -0.370 e. The second kappa shape index (κ2) is 16.9. The third kappa shape index (κ3) is 13.1. The molecule has 0 radical (unpaired) electrons. The van der Waals surface area contributed by atoms with Crippen molar-refractivity contribution in [2.24, 2.45) is 0 Å². The maximum absolute atomic E-state index is 4.38. The molecular weight excluding hydrogens is 234 g/mol. The highest BCUT2D eigenvalue weighted by atomic mass is 15.0. The summed E-state index contributed by atoms with van der Waals surface area (Å²) < 4.78 is 0. The molecule has 112 valence electrons. The Morgan fingerprint density at radius 3 is 2.16 bits per heavy atom. The van der Waals surface area contributed by atoms with Gasteiger partial charge in [-0.15, -0.1) is 0 Å². The van der Waals surface area contributed by atoms with Gasteiger partial charge in [0.25, 0.3) is 0 Å². The Hall–Kier alpha value is -1.09. The lowest BCUT2D eigenvalue weighted by Crippen LogP contribution is -2.08. The lowest BCUT2D eigenvalue weighted by molar-refractivity contribution is 0.655. The van der Waals surface area contributed by atoms with E-state index in [4.69, 9.17) is 0 Å². The van der Waals surface area contributed by atoms with Gasteiger partial charge in [-0.25, -0.2) is 4.98 Å². The fourth-order valence-electron chi connectivity index (χ4n) is 1.46. The van der Waals surface area contributed by atoms with E-state index in [9.17, 15) is 0 Å². The molecule has 0 atom stereocenters. The van der Waals surface area contributed by atoms with Crippen molar-refractivity contribution < 1.29 is 0 Å². The summed E-state index contributed by atoms with van der Waals surface area (Å²) >= 11 is 0. The fourth-order valence-corrected chi connectivity index (χ4v) is 1.46. The van der Waals surface area contributed by atoms with Crippen LogP contribution in [0.25, 0.3) is 0 Å². The molecule has 0 aromatic carbocycles. The first-order valence-electron chi connectivity index (χ1n) is 7.65. The normalized spacial score (nSPS) is 8.74. The number of nitrogens with zero attached hydrogens (tertiary/aromatic N) is 1. The predicted molar refractivity (Wildman–Crippen MR) is 87.9 cm³/mol. The molecule has 19 heavy (non-hydrogen) atoms. The topological polar surface area (TPSA) is 37.0 Å². The summed E-state index contributed by atoms with van der Waals surface area (Å²) in [7, 11) is 1.99. The van der Waals surface area contributed by atoms with Gasteiger partial charge in [0.1, 0.15) is 5.82 Å². The van der Waals surface area contributed by atoms with Gasteiger partial charge < -0.3 is 10.6 Å². The predicted octanol–water partition coefficient (Wildman–Crippen LogP) is 4.24. The Kier molecular flexibility index (Phi) is 18.0. The molecule has 0 bridgehead atoms. The molecule has 0 saturated heterocycles. The van der Waals surface area contributed by atoms with E-state index < -0.39 is 0 Å². The summed E-state index contributed by atoms with van der Waals surface area (Å²) in [6.45, 7) is 12.1. The first-order chi connectivity index (χ1) is 9.33. The summed E-state index contributed by atoms with van der Waals surface area (Å²) in [6, 6.07) is 6.06. The van der Waals surface area contributed by atoms with Crippen LogP contribution in [0.15, 0.2) is 18.2 Å². The summed E-state index contributed by atoms with van der Waals surface area (Å²) in [5.41, 5.74) is 1.06. The molecule has 0 amide bonds. The first kappa shape index (κ1) is 20.2. The van der Waals surface area contributed by atoms with Crippen molar-refractivity contribution in [1.29, 1.82) is 0 Å². The largest absolute Gasteiger partial charge is 0.370 e. The summed E-state index contributed by atoms with van der Waals surface area (Å²) in [5, 5.41) is 6.48. The van der Waals surface area contributed by atoms with Gasteiger partial charge in [-0.1, -0.05) is 40.2 Å². The molecule has 1 rings (SSSR count). The standard InChI is InChI=1S/C12H21N3.2C2H6/c1-11-7-6-8-12(15-11)14-10-5-3-4-9-13-2;2*1-2/h6-8,13H,3-5,9-10H2,1-2H3,(H,14,15);2*1-2H3. The number of hydrogen-bond acceptors (Lipinski definition) is 3. The number of pyridine rings is 1. The van der Waals surface area contributed by atoms with Gasteiger partial charge in [0.15, 0.2) is 0 Å². The van der Waals surface area contributed by atoms with Crippen molar-refractivity contribution >= 4 is 5.82 Å². The number of nitrogens with one attached hydrogen (secondary N) is 2. The molecule has 0 saturated carbocycles. The van der Waals surface area contributed by atoms with Crippen LogP contribution in [0.1, 0.15) is 52.7 Å². The molecule has 0 spiro atoms. The van der Waals surface area contributed by atoms with Gasteiger partial charge in [0.05, 0.1) is 0 Å². The van der Waals surface area contributed by atoms with Gasteiger partial charge in [0, 0.05) is 12.2 Å². The summed E-state index contributed by atoms with van der Waals surface area (Å²) in [4.78, 5) is 4.38. The van der Waals surface area contributed by atoms with Crippen LogP contribution in [-0.2, 0) is 0 Å². The van der Waals surface area contributed by atoms with Crippen molar-refractivity contribution in [3.63, 3.8) is 0 Å². The van der Waals surface area contributed by atoms with E-state index in [1.165, 1.54) is 19.3 Å². The first-order valence-corrected chi connectivity index (χ1v) is 7.65. The maximum Gasteiger partial charge on any atom is 0.126 e. The molecule has 0 aliphatic rings. The van der Waals surface area contributed by atoms with Crippen LogP contribution >= 0.6 is 0 Å². The zero-order valence-corrected chi connectivity index (χ0v) is 13.7. The van der Waals surface area contributed by atoms with Gasteiger partial charge >= 0.3 is 0 Å². The van der Waals surface area contributed by atoms with E-state index in [1.807, 2.05) is 59.9 Å². The Bertz CT molecular complexity index is 274. The Balaban J connectivity index is 0. The summed E-state index contributed by atoms with van der Waals surface area (Å²) in [5.74, 6) is 0.989. The van der Waals surface area contributed by atoms with Gasteiger partial charge in [0.2, 0.25) is 0 Å². The van der Waals surface area contributed by atoms with Crippen LogP contribution in [0.5, 0.6) is 0 Å². The van der Waals surface area contributed by atoms with Crippen molar-refractivity contribution in [3.05, 3.63) is 23.9 Å². The molecule has 3 heteroatoms. The molecule has 0 aliphatic carbocycles. The van der Waals surface area contributed by atoms with Crippen LogP contribution in [0.3, 0.4) is 0 Å². The number of anilines is 1. The van der Waals surface area contributed by atoms with E-state index in [-0.39, 0.29) is 0 Å². The van der Waals surface area contributed by atoms with E-state index in [0.717, 1.165) is 24.6 Å². The highest BCUT2D eigenvalue weighted by Gasteiger charge is 1.93. The molecule has 2 N–H and O–H groups in total. The number of aromatic nitrogens is 1.